The highest BCUT2D eigenvalue weighted by Gasteiger charge is 2.13. The molecule has 6 heteroatoms. The quantitative estimate of drug-likeness (QED) is 0.666. The van der Waals surface area contributed by atoms with Gasteiger partial charge in [0.2, 0.25) is 0 Å². The SMILES string of the molecule is CCC(CNC(=O)c1ccc2c(=O)[nH][nH]c(=O)c2c1)c1ccccc1. The minimum absolute atomic E-state index is 0.200. The molecule has 25 heavy (non-hydrogen) atoms. The van der Waals surface area contributed by atoms with E-state index >= 15 is 0 Å². The van der Waals surface area contributed by atoms with Crippen LogP contribution in [-0.2, 0) is 0 Å². The number of carbonyl (C=O) groups excluding carboxylic acids is 1. The average molecular weight is 337 g/mol. The molecule has 1 unspecified atom stereocenters. The molecule has 0 spiro atoms. The van der Waals surface area contributed by atoms with E-state index in [4.69, 9.17) is 0 Å². The molecule has 0 fully saturated rings. The van der Waals surface area contributed by atoms with Crippen molar-refractivity contribution in [2.45, 2.75) is 19.3 Å². The Balaban J connectivity index is 1.79. The number of amides is 1. The second-order valence-electron chi connectivity index (χ2n) is 5.89. The van der Waals surface area contributed by atoms with Gasteiger partial charge in [0.15, 0.2) is 0 Å². The molecule has 3 aromatic rings. The Hall–Kier alpha value is -3.15. The first-order valence-electron chi connectivity index (χ1n) is 8.18. The van der Waals surface area contributed by atoms with Crippen molar-refractivity contribution < 1.29 is 4.79 Å². The maximum absolute atomic E-state index is 12.4. The predicted octanol–water partition coefficient (Wildman–Crippen LogP) is 2.14. The summed E-state index contributed by atoms with van der Waals surface area (Å²) in [5.74, 6) is -0.0483. The normalized spacial score (nSPS) is 12.0. The third-order valence-corrected chi connectivity index (χ3v) is 4.33. The van der Waals surface area contributed by atoms with E-state index in [1.54, 1.807) is 6.07 Å². The summed E-state index contributed by atoms with van der Waals surface area (Å²) in [5, 5.41) is 7.90. The smallest absolute Gasteiger partial charge is 0.270 e. The standard InChI is InChI=1S/C19H19N3O3/c1-2-12(13-6-4-3-5-7-13)11-20-17(23)14-8-9-15-16(10-14)19(25)22-21-18(15)24/h3-10,12H,2,11H2,1H3,(H,20,23)(H,21,24)(H,22,25). The third kappa shape index (κ3) is 3.52. The topological polar surface area (TPSA) is 94.8 Å². The minimum atomic E-state index is -0.431. The summed E-state index contributed by atoms with van der Waals surface area (Å²) in [7, 11) is 0. The zero-order chi connectivity index (χ0) is 17.8. The van der Waals surface area contributed by atoms with Crippen LogP contribution in [0.25, 0.3) is 10.8 Å². The number of aromatic nitrogens is 2. The molecule has 6 nitrogen and oxygen atoms in total. The Labute approximate surface area is 143 Å². The van der Waals surface area contributed by atoms with Crippen molar-refractivity contribution in [3.8, 4) is 0 Å². The van der Waals surface area contributed by atoms with Gasteiger partial charge >= 0.3 is 0 Å². The molecule has 0 aliphatic carbocycles. The molecular weight excluding hydrogens is 318 g/mol. The van der Waals surface area contributed by atoms with Crippen LogP contribution >= 0.6 is 0 Å². The van der Waals surface area contributed by atoms with Crippen molar-refractivity contribution in [2.75, 3.05) is 6.54 Å². The van der Waals surface area contributed by atoms with Crippen molar-refractivity contribution in [1.29, 1.82) is 0 Å². The van der Waals surface area contributed by atoms with Crippen LogP contribution in [0, 0.1) is 0 Å². The lowest BCUT2D eigenvalue weighted by Crippen LogP contribution is -2.28. The first-order chi connectivity index (χ1) is 12.1. The Kier molecular flexibility index (Phi) is 4.79. The fraction of sp³-hybridized carbons (Fsp3) is 0.211. The van der Waals surface area contributed by atoms with E-state index in [1.807, 2.05) is 30.3 Å². The highest BCUT2D eigenvalue weighted by molar-refractivity contribution is 5.98. The van der Waals surface area contributed by atoms with E-state index in [0.29, 0.717) is 12.1 Å². The fourth-order valence-corrected chi connectivity index (χ4v) is 2.86. The van der Waals surface area contributed by atoms with Gasteiger partial charge in [-0.25, -0.2) is 0 Å². The number of aromatic amines is 2. The van der Waals surface area contributed by atoms with Gasteiger partial charge in [0.25, 0.3) is 17.0 Å². The van der Waals surface area contributed by atoms with Crippen LogP contribution < -0.4 is 16.4 Å². The van der Waals surface area contributed by atoms with Gasteiger partial charge in [-0.1, -0.05) is 37.3 Å². The van der Waals surface area contributed by atoms with Crippen molar-refractivity contribution >= 4 is 16.7 Å². The predicted molar refractivity (Wildman–Crippen MR) is 97.0 cm³/mol. The molecule has 1 atom stereocenters. The fourth-order valence-electron chi connectivity index (χ4n) is 2.86. The van der Waals surface area contributed by atoms with E-state index in [1.165, 1.54) is 17.7 Å². The van der Waals surface area contributed by atoms with E-state index in [0.717, 1.165) is 6.42 Å². The third-order valence-electron chi connectivity index (χ3n) is 4.33. The molecule has 0 saturated heterocycles. The molecule has 128 valence electrons. The van der Waals surface area contributed by atoms with Gasteiger partial charge in [0.1, 0.15) is 0 Å². The number of benzene rings is 2. The van der Waals surface area contributed by atoms with E-state index in [9.17, 15) is 14.4 Å². The Morgan fingerprint density at radius 2 is 1.68 bits per heavy atom. The van der Waals surface area contributed by atoms with Gasteiger partial charge in [-0.15, -0.1) is 0 Å². The minimum Gasteiger partial charge on any atom is -0.351 e. The number of carbonyl (C=O) groups is 1. The molecule has 0 radical (unpaired) electrons. The molecule has 0 aliphatic rings. The molecule has 1 aromatic heterocycles. The number of nitrogens with one attached hydrogen (secondary N) is 3. The zero-order valence-corrected chi connectivity index (χ0v) is 13.8. The number of hydrogen-bond donors (Lipinski definition) is 3. The summed E-state index contributed by atoms with van der Waals surface area (Å²) in [4.78, 5) is 36.0. The first kappa shape index (κ1) is 16.7. The van der Waals surface area contributed by atoms with Crippen molar-refractivity contribution in [2.24, 2.45) is 0 Å². The number of rotatable bonds is 5. The van der Waals surface area contributed by atoms with Crippen LogP contribution in [0.3, 0.4) is 0 Å². The summed E-state index contributed by atoms with van der Waals surface area (Å²) >= 11 is 0. The number of H-pyrrole nitrogens is 2. The molecule has 2 aromatic carbocycles. The molecule has 0 aliphatic heterocycles. The van der Waals surface area contributed by atoms with Gasteiger partial charge in [0.05, 0.1) is 10.8 Å². The lowest BCUT2D eigenvalue weighted by atomic mass is 9.96. The Morgan fingerprint density at radius 3 is 2.36 bits per heavy atom. The van der Waals surface area contributed by atoms with Gasteiger partial charge in [-0.3, -0.25) is 24.6 Å². The van der Waals surface area contributed by atoms with Gasteiger partial charge in [0, 0.05) is 18.0 Å². The van der Waals surface area contributed by atoms with Gasteiger partial charge < -0.3 is 5.32 Å². The van der Waals surface area contributed by atoms with Gasteiger partial charge in [-0.05, 0) is 30.2 Å². The highest BCUT2D eigenvalue weighted by Crippen LogP contribution is 2.18. The zero-order valence-electron chi connectivity index (χ0n) is 13.8. The largest absolute Gasteiger partial charge is 0.351 e. The Morgan fingerprint density at radius 1 is 1.00 bits per heavy atom. The van der Waals surface area contributed by atoms with E-state index in [2.05, 4.69) is 22.4 Å². The maximum Gasteiger partial charge on any atom is 0.270 e. The van der Waals surface area contributed by atoms with Crippen LogP contribution in [-0.4, -0.2) is 22.6 Å². The maximum atomic E-state index is 12.4. The van der Waals surface area contributed by atoms with Crippen LogP contribution in [0.15, 0.2) is 58.1 Å². The molecule has 0 saturated carbocycles. The summed E-state index contributed by atoms with van der Waals surface area (Å²) in [6, 6.07) is 14.5. The summed E-state index contributed by atoms with van der Waals surface area (Å²) in [5.41, 5.74) is 0.704. The van der Waals surface area contributed by atoms with E-state index in [-0.39, 0.29) is 22.6 Å². The number of fused-ring (bicyclic) bond motifs is 1. The summed E-state index contributed by atoms with van der Waals surface area (Å²) in [6.45, 7) is 2.58. The second kappa shape index (κ2) is 7.17. The monoisotopic (exact) mass is 337 g/mol. The highest BCUT2D eigenvalue weighted by atomic mass is 16.2. The van der Waals surface area contributed by atoms with Gasteiger partial charge in [-0.2, -0.15) is 0 Å². The summed E-state index contributed by atoms with van der Waals surface area (Å²) in [6.07, 6.45) is 0.900. The molecular formula is C19H19N3O3. The van der Waals surface area contributed by atoms with Crippen LogP contribution in [0.2, 0.25) is 0 Å². The van der Waals surface area contributed by atoms with Crippen molar-refractivity contribution in [3.05, 3.63) is 80.4 Å². The average Bonchev–Trinajstić information content (AvgIpc) is 2.65. The Bertz CT molecular complexity index is 1010. The van der Waals surface area contributed by atoms with E-state index < -0.39 is 11.1 Å². The van der Waals surface area contributed by atoms with Crippen LogP contribution in [0.5, 0.6) is 0 Å². The molecule has 1 heterocycles. The molecule has 0 bridgehead atoms. The number of hydrogen-bond acceptors (Lipinski definition) is 3. The molecule has 1 amide bonds. The lowest BCUT2D eigenvalue weighted by Gasteiger charge is -2.16. The second-order valence-corrected chi connectivity index (χ2v) is 5.89. The van der Waals surface area contributed by atoms with Crippen molar-refractivity contribution in [3.63, 3.8) is 0 Å². The van der Waals surface area contributed by atoms with Crippen LogP contribution in [0.1, 0.15) is 35.2 Å². The molecule has 3 N–H and O–H groups in total. The van der Waals surface area contributed by atoms with Crippen LogP contribution in [0.4, 0.5) is 0 Å². The summed E-state index contributed by atoms with van der Waals surface area (Å²) < 4.78 is 0. The molecule has 3 rings (SSSR count). The lowest BCUT2D eigenvalue weighted by molar-refractivity contribution is 0.0951. The first-order valence-corrected chi connectivity index (χ1v) is 8.18. The van der Waals surface area contributed by atoms with Crippen molar-refractivity contribution in [1.82, 2.24) is 15.5 Å².